The molecule has 0 radical (unpaired) electrons. The van der Waals surface area contributed by atoms with Gasteiger partial charge in [-0.3, -0.25) is 9.79 Å². The first-order chi connectivity index (χ1) is 9.25. The summed E-state index contributed by atoms with van der Waals surface area (Å²) in [6.45, 7) is 2.98. The molecule has 0 aromatic heterocycles. The van der Waals surface area contributed by atoms with Crippen LogP contribution in [0.1, 0.15) is 12.0 Å². The highest BCUT2D eigenvalue weighted by atomic mass is 16.1. The molecule has 0 atom stereocenters. The largest absolute Gasteiger partial charge is 0.356 e. The standard InChI is InChI=1S/C14H20N4O/c1-18-10-9-16-14(18)15-8-7-13(19)17-11-12-5-3-2-4-6-12/h2-6H,7-11H2,1H3,(H,15,16)(H,17,19). The number of carbonyl (C=O) groups is 1. The first-order valence-electron chi connectivity index (χ1n) is 6.56. The molecule has 19 heavy (non-hydrogen) atoms. The summed E-state index contributed by atoms with van der Waals surface area (Å²) in [5.74, 6) is 0.938. The van der Waals surface area contributed by atoms with Crippen molar-refractivity contribution in [3.63, 3.8) is 0 Å². The van der Waals surface area contributed by atoms with E-state index in [9.17, 15) is 4.79 Å². The summed E-state index contributed by atoms with van der Waals surface area (Å²) < 4.78 is 0. The number of nitrogens with one attached hydrogen (secondary N) is 2. The Morgan fingerprint density at radius 3 is 2.84 bits per heavy atom. The lowest BCUT2D eigenvalue weighted by molar-refractivity contribution is -0.121. The van der Waals surface area contributed by atoms with Gasteiger partial charge in [0.15, 0.2) is 5.96 Å². The summed E-state index contributed by atoms with van der Waals surface area (Å²) in [6, 6.07) is 9.91. The zero-order valence-corrected chi connectivity index (χ0v) is 11.2. The molecule has 1 aromatic rings. The zero-order valence-electron chi connectivity index (χ0n) is 11.2. The van der Waals surface area contributed by atoms with Crippen molar-refractivity contribution in [1.29, 1.82) is 0 Å². The van der Waals surface area contributed by atoms with Crippen LogP contribution in [-0.2, 0) is 11.3 Å². The van der Waals surface area contributed by atoms with Crippen molar-refractivity contribution in [3.8, 4) is 0 Å². The van der Waals surface area contributed by atoms with Crippen molar-refractivity contribution in [2.45, 2.75) is 13.0 Å². The summed E-state index contributed by atoms with van der Waals surface area (Å²) in [6.07, 6.45) is 0.458. The Kier molecular flexibility index (Phi) is 4.78. The van der Waals surface area contributed by atoms with Crippen molar-refractivity contribution in [2.75, 3.05) is 26.7 Å². The van der Waals surface area contributed by atoms with Gasteiger partial charge in [-0.25, -0.2) is 0 Å². The van der Waals surface area contributed by atoms with Crippen LogP contribution >= 0.6 is 0 Å². The van der Waals surface area contributed by atoms with Gasteiger partial charge in [-0.2, -0.15) is 0 Å². The third kappa shape index (κ3) is 4.28. The summed E-state index contributed by atoms with van der Waals surface area (Å²) in [7, 11) is 1.99. The second-order valence-corrected chi connectivity index (χ2v) is 4.57. The van der Waals surface area contributed by atoms with E-state index < -0.39 is 0 Å². The van der Waals surface area contributed by atoms with E-state index in [0.29, 0.717) is 19.5 Å². The number of guanidine groups is 1. The molecule has 1 aromatic carbocycles. The minimum Gasteiger partial charge on any atom is -0.356 e. The molecule has 0 aliphatic carbocycles. The third-order valence-corrected chi connectivity index (χ3v) is 3.03. The van der Waals surface area contributed by atoms with E-state index in [2.05, 4.69) is 20.5 Å². The zero-order chi connectivity index (χ0) is 13.5. The Balaban J connectivity index is 1.62. The van der Waals surface area contributed by atoms with Crippen molar-refractivity contribution in [1.82, 2.24) is 15.5 Å². The molecular formula is C14H20N4O. The first-order valence-corrected chi connectivity index (χ1v) is 6.56. The number of benzene rings is 1. The van der Waals surface area contributed by atoms with Crippen LogP contribution in [0, 0.1) is 0 Å². The fraction of sp³-hybridized carbons (Fsp3) is 0.429. The van der Waals surface area contributed by atoms with Gasteiger partial charge in [0.05, 0.1) is 6.54 Å². The monoisotopic (exact) mass is 260 g/mol. The molecule has 1 aliphatic heterocycles. The second-order valence-electron chi connectivity index (χ2n) is 4.57. The lowest BCUT2D eigenvalue weighted by Gasteiger charge is -2.14. The van der Waals surface area contributed by atoms with Gasteiger partial charge in [-0.05, 0) is 5.56 Å². The number of likely N-dealkylation sites (N-methyl/N-ethyl adjacent to an activating group) is 1. The van der Waals surface area contributed by atoms with E-state index in [1.54, 1.807) is 0 Å². The maximum absolute atomic E-state index is 11.7. The maximum atomic E-state index is 11.7. The molecule has 5 nitrogen and oxygen atoms in total. The molecule has 0 fully saturated rings. The van der Waals surface area contributed by atoms with Crippen LogP contribution in [0.2, 0.25) is 0 Å². The SMILES string of the molecule is CN1CCN=C1NCCC(=O)NCc1ccccc1. The number of rotatable bonds is 5. The quantitative estimate of drug-likeness (QED) is 0.814. The Bertz CT molecular complexity index is 444. The molecule has 1 heterocycles. The molecule has 102 valence electrons. The summed E-state index contributed by atoms with van der Waals surface area (Å²) in [5, 5.41) is 6.08. The Morgan fingerprint density at radius 2 is 2.16 bits per heavy atom. The fourth-order valence-electron chi connectivity index (χ4n) is 1.90. The van der Waals surface area contributed by atoms with E-state index in [-0.39, 0.29) is 5.91 Å². The van der Waals surface area contributed by atoms with Gasteiger partial charge in [0.2, 0.25) is 5.91 Å². The number of aliphatic imine (C=N–C) groups is 1. The van der Waals surface area contributed by atoms with Crippen molar-refractivity contribution < 1.29 is 4.79 Å². The average Bonchev–Trinajstić information content (AvgIpc) is 2.83. The lowest BCUT2D eigenvalue weighted by atomic mass is 10.2. The fourth-order valence-corrected chi connectivity index (χ4v) is 1.90. The summed E-state index contributed by atoms with van der Waals surface area (Å²) in [4.78, 5) is 18.0. The van der Waals surface area contributed by atoms with Crippen LogP contribution in [0.3, 0.4) is 0 Å². The number of carbonyl (C=O) groups excluding carboxylic acids is 1. The minimum absolute atomic E-state index is 0.0533. The van der Waals surface area contributed by atoms with Gasteiger partial charge in [0.1, 0.15) is 0 Å². The lowest BCUT2D eigenvalue weighted by Crippen LogP contribution is -2.37. The molecule has 0 unspecified atom stereocenters. The van der Waals surface area contributed by atoms with E-state index in [0.717, 1.165) is 24.6 Å². The van der Waals surface area contributed by atoms with Gasteiger partial charge in [-0.1, -0.05) is 30.3 Å². The molecule has 0 saturated carbocycles. The molecule has 0 saturated heterocycles. The van der Waals surface area contributed by atoms with E-state index in [1.165, 1.54) is 0 Å². The molecule has 5 heteroatoms. The highest BCUT2D eigenvalue weighted by molar-refractivity contribution is 5.82. The number of amides is 1. The first kappa shape index (κ1) is 13.4. The number of hydrogen-bond donors (Lipinski definition) is 2. The Hall–Kier alpha value is -2.04. The van der Waals surface area contributed by atoms with E-state index >= 15 is 0 Å². The molecule has 1 aliphatic rings. The highest BCUT2D eigenvalue weighted by Crippen LogP contribution is 1.98. The molecule has 1 amide bonds. The molecular weight excluding hydrogens is 240 g/mol. The summed E-state index contributed by atoms with van der Waals surface area (Å²) >= 11 is 0. The third-order valence-electron chi connectivity index (χ3n) is 3.03. The maximum Gasteiger partial charge on any atom is 0.222 e. The van der Waals surface area contributed by atoms with E-state index in [1.807, 2.05) is 37.4 Å². The normalized spacial score (nSPS) is 14.2. The van der Waals surface area contributed by atoms with Crippen molar-refractivity contribution >= 4 is 11.9 Å². The van der Waals surface area contributed by atoms with E-state index in [4.69, 9.17) is 0 Å². The van der Waals surface area contributed by atoms with Gasteiger partial charge < -0.3 is 15.5 Å². The van der Waals surface area contributed by atoms with Crippen molar-refractivity contribution in [3.05, 3.63) is 35.9 Å². The smallest absolute Gasteiger partial charge is 0.222 e. The Morgan fingerprint density at radius 1 is 1.37 bits per heavy atom. The van der Waals surface area contributed by atoms with Gasteiger partial charge in [-0.15, -0.1) is 0 Å². The Labute approximate surface area is 113 Å². The van der Waals surface area contributed by atoms with Crippen LogP contribution in [-0.4, -0.2) is 43.4 Å². The average molecular weight is 260 g/mol. The second kappa shape index (κ2) is 6.78. The van der Waals surface area contributed by atoms with Gasteiger partial charge in [0.25, 0.3) is 0 Å². The predicted octanol–water partition coefficient (Wildman–Crippen LogP) is 0.584. The predicted molar refractivity (Wildman–Crippen MR) is 75.8 cm³/mol. The highest BCUT2D eigenvalue weighted by Gasteiger charge is 2.11. The van der Waals surface area contributed by atoms with Crippen LogP contribution < -0.4 is 10.6 Å². The van der Waals surface area contributed by atoms with Gasteiger partial charge in [0, 0.05) is 33.1 Å². The van der Waals surface area contributed by atoms with Crippen LogP contribution in [0.5, 0.6) is 0 Å². The number of nitrogens with zero attached hydrogens (tertiary/aromatic N) is 2. The molecule has 0 bridgehead atoms. The van der Waals surface area contributed by atoms with Crippen molar-refractivity contribution in [2.24, 2.45) is 4.99 Å². The minimum atomic E-state index is 0.0533. The van der Waals surface area contributed by atoms with Gasteiger partial charge >= 0.3 is 0 Å². The molecule has 0 spiro atoms. The topological polar surface area (TPSA) is 56.7 Å². The molecule has 2 rings (SSSR count). The number of hydrogen-bond acceptors (Lipinski definition) is 4. The van der Waals surface area contributed by atoms with Crippen LogP contribution in [0.15, 0.2) is 35.3 Å². The van der Waals surface area contributed by atoms with Crippen LogP contribution in [0.4, 0.5) is 0 Å². The van der Waals surface area contributed by atoms with Crippen LogP contribution in [0.25, 0.3) is 0 Å². The molecule has 2 N–H and O–H groups in total. The summed E-state index contributed by atoms with van der Waals surface area (Å²) in [5.41, 5.74) is 1.11.